The number of carbonyl (C=O) groups is 6. The van der Waals surface area contributed by atoms with E-state index in [1.54, 1.807) is 48.7 Å². The van der Waals surface area contributed by atoms with E-state index in [1.165, 1.54) is 47.7 Å². The van der Waals surface area contributed by atoms with E-state index in [-0.39, 0.29) is 38.0 Å². The van der Waals surface area contributed by atoms with Crippen LogP contribution in [-0.2, 0) is 96.8 Å². The van der Waals surface area contributed by atoms with Crippen molar-refractivity contribution >= 4 is 35.8 Å². The number of benzene rings is 1. The first-order valence-electron chi connectivity index (χ1n) is 28.2. The van der Waals surface area contributed by atoms with Gasteiger partial charge in [-0.1, -0.05) is 57.5 Å². The number of aryl methyl sites for hydroxylation is 1. The highest BCUT2D eigenvalue weighted by Gasteiger charge is 2.56. The van der Waals surface area contributed by atoms with Gasteiger partial charge in [0.25, 0.3) is 0 Å². The lowest BCUT2D eigenvalue weighted by molar-refractivity contribution is -0.346. The van der Waals surface area contributed by atoms with Crippen LogP contribution in [0.4, 0.5) is 0 Å². The van der Waals surface area contributed by atoms with Crippen LogP contribution >= 0.6 is 0 Å². The summed E-state index contributed by atoms with van der Waals surface area (Å²) in [5, 5.41) is 0. The number of carbonyl (C=O) groups excluding carboxylic acids is 6. The molecule has 3 aliphatic rings. The third-order valence-corrected chi connectivity index (χ3v) is 15.1. The predicted molar refractivity (Wildman–Crippen MR) is 288 cm³/mol. The average molecular weight is 1120 g/mol. The number of unbranched alkanes of at least 4 members (excludes halogenated alkanes) is 2. The van der Waals surface area contributed by atoms with Gasteiger partial charge >= 0.3 is 35.8 Å². The first-order valence-corrected chi connectivity index (χ1v) is 28.2. The van der Waals surface area contributed by atoms with E-state index in [1.807, 2.05) is 36.9 Å². The molecule has 4 rings (SSSR count). The largest absolute Gasteiger partial charge is 0.463 e. The van der Waals surface area contributed by atoms with Crippen LogP contribution < -0.4 is 0 Å². The van der Waals surface area contributed by atoms with Gasteiger partial charge in [-0.2, -0.15) is 0 Å². The summed E-state index contributed by atoms with van der Waals surface area (Å²) >= 11 is 0. The highest BCUT2D eigenvalue weighted by Crippen LogP contribution is 2.40. The van der Waals surface area contributed by atoms with Gasteiger partial charge < -0.3 is 66.5 Å². The van der Waals surface area contributed by atoms with E-state index in [4.69, 9.17) is 61.6 Å². The van der Waals surface area contributed by atoms with E-state index < -0.39 is 140 Å². The smallest absolute Gasteiger partial charge is 0.309 e. The second-order valence-corrected chi connectivity index (χ2v) is 21.8. The van der Waals surface area contributed by atoms with Crippen LogP contribution in [0.25, 0.3) is 0 Å². The van der Waals surface area contributed by atoms with Gasteiger partial charge in [0.05, 0.1) is 30.8 Å². The molecule has 1 aromatic carbocycles. The molecule has 1 aromatic rings. The molecule has 79 heavy (non-hydrogen) atoms. The molecule has 0 N–H and O–H groups in total. The molecule has 0 aliphatic carbocycles. The number of ether oxygens (including phenoxy) is 13. The Morgan fingerprint density at radius 1 is 0.759 bits per heavy atom. The maximum absolute atomic E-state index is 14.1. The van der Waals surface area contributed by atoms with E-state index in [9.17, 15) is 28.8 Å². The van der Waals surface area contributed by atoms with Crippen LogP contribution in [0.1, 0.15) is 139 Å². The van der Waals surface area contributed by atoms with Crippen molar-refractivity contribution in [2.45, 2.75) is 231 Å². The van der Waals surface area contributed by atoms with Crippen molar-refractivity contribution in [3.8, 4) is 0 Å². The summed E-state index contributed by atoms with van der Waals surface area (Å²) < 4.78 is 81.5. The monoisotopic (exact) mass is 1120 g/mol. The van der Waals surface area contributed by atoms with Gasteiger partial charge in [0.1, 0.15) is 30.5 Å². The molecule has 21 nitrogen and oxygen atoms in total. The molecule has 10 unspecified atom stereocenters. The number of cyclic esters (lactones) is 1. The SMILES string of the molecule is CCC(=O)OC1C(C)OC(OC2C(C)OC(O[C@@H]3C(OC)[C@H](OC(=O)CC)CC(=O)O[C@H](C)CCN(CCCCCc4ccccc4)C[C@H](OC(C)=O)[C@H](C)C[C@@H]3CC(OC)OC)C(OC(C)=O)C2N(C)C)CC1(C)OC(C)=O. The third-order valence-electron chi connectivity index (χ3n) is 15.1. The van der Waals surface area contributed by atoms with Crippen LogP contribution in [0.5, 0.6) is 0 Å². The minimum atomic E-state index is -1.39. The minimum absolute atomic E-state index is 0.0241. The van der Waals surface area contributed by atoms with Crippen LogP contribution in [-0.4, -0.2) is 192 Å². The molecule has 0 spiro atoms. The second-order valence-electron chi connectivity index (χ2n) is 21.8. The van der Waals surface area contributed by atoms with Crippen LogP contribution in [0, 0.1) is 11.8 Å². The highest BCUT2D eigenvalue weighted by molar-refractivity contribution is 5.73. The molecule has 0 radical (unpaired) electrons. The summed E-state index contributed by atoms with van der Waals surface area (Å²) in [6.07, 6.45) is -8.54. The zero-order chi connectivity index (χ0) is 58.6. The van der Waals surface area contributed by atoms with E-state index in [2.05, 4.69) is 17.0 Å². The van der Waals surface area contributed by atoms with Gasteiger partial charge in [-0.25, -0.2) is 0 Å². The minimum Gasteiger partial charge on any atom is -0.463 e. The number of rotatable bonds is 23. The van der Waals surface area contributed by atoms with Crippen molar-refractivity contribution in [3.63, 3.8) is 0 Å². The summed E-state index contributed by atoms with van der Waals surface area (Å²) in [5.74, 6) is -4.50. The Balaban J connectivity index is 1.83. The zero-order valence-electron chi connectivity index (χ0n) is 49.7. The average Bonchev–Trinajstić information content (AvgIpc) is 3.45. The molecule has 21 heteroatoms. The van der Waals surface area contributed by atoms with Gasteiger partial charge in [-0.3, -0.25) is 33.7 Å². The number of methoxy groups -OCH3 is 3. The Bertz CT molecular complexity index is 2040. The molecule has 3 aliphatic heterocycles. The van der Waals surface area contributed by atoms with Crippen molar-refractivity contribution in [1.29, 1.82) is 0 Å². The number of likely N-dealkylation sites (N-methyl/N-ethyl adjacent to an activating group) is 1. The quantitative estimate of drug-likeness (QED) is 0.0493. The van der Waals surface area contributed by atoms with Gasteiger partial charge in [-0.05, 0) is 97.8 Å². The fourth-order valence-electron chi connectivity index (χ4n) is 11.2. The van der Waals surface area contributed by atoms with Gasteiger partial charge in [0.15, 0.2) is 36.7 Å². The number of hydrogen-bond donors (Lipinski definition) is 0. The summed E-state index contributed by atoms with van der Waals surface area (Å²) in [5.41, 5.74) is -0.0842. The lowest BCUT2D eigenvalue weighted by atomic mass is 9.81. The Labute approximate surface area is 468 Å². The topological polar surface area (TPSA) is 229 Å². The first-order chi connectivity index (χ1) is 37.4. The molecule has 3 heterocycles. The van der Waals surface area contributed by atoms with E-state index in [0.717, 1.165) is 25.7 Å². The maximum Gasteiger partial charge on any atom is 0.309 e. The lowest BCUT2D eigenvalue weighted by Gasteiger charge is -2.51. The summed E-state index contributed by atoms with van der Waals surface area (Å²) in [6.45, 7) is 17.7. The van der Waals surface area contributed by atoms with Crippen molar-refractivity contribution < 1.29 is 90.3 Å². The van der Waals surface area contributed by atoms with Crippen molar-refractivity contribution in [2.24, 2.45) is 11.8 Å². The number of nitrogens with zero attached hydrogens (tertiary/aromatic N) is 2. The molecule has 0 saturated carbocycles. The van der Waals surface area contributed by atoms with E-state index in [0.29, 0.717) is 26.1 Å². The number of hydrogen-bond acceptors (Lipinski definition) is 21. The molecule has 0 amide bonds. The standard InChI is InChI=1S/C58H94N2O19/c1-16-46(64)75-44-32-48(66)70-36(4)27-29-60(28-23-19-22-26-42-24-20-18-21-25-42)34-45(73-39(7)61)35(3)30-43(31-49(67-13)68-14)53(54(44)69-15)78-57-55(74-40(8)62)51(59(11)12)52(37(5)72-57)77-50-33-58(10,79-41(9)63)56(38(6)71-50)76-47(65)17-2/h18,20-21,24-25,35-38,43-45,49-57H,16-17,19,22-23,26-34H2,1-15H3/t35-,36-,37?,38?,43-,44-,45+,50?,51?,52?,53+,54?,55?,56?,57?,58?/m1/s1. The van der Waals surface area contributed by atoms with Gasteiger partial charge in [0.2, 0.25) is 0 Å². The fourth-order valence-corrected chi connectivity index (χ4v) is 11.2. The van der Waals surface area contributed by atoms with Crippen LogP contribution in [0.15, 0.2) is 30.3 Å². The van der Waals surface area contributed by atoms with Crippen molar-refractivity contribution in [1.82, 2.24) is 9.80 Å². The highest BCUT2D eigenvalue weighted by atomic mass is 16.7. The molecule has 0 bridgehead atoms. The van der Waals surface area contributed by atoms with Crippen LogP contribution in [0.2, 0.25) is 0 Å². The van der Waals surface area contributed by atoms with Gasteiger partial charge in [0, 0.05) is 80.9 Å². The van der Waals surface area contributed by atoms with Crippen molar-refractivity contribution in [2.75, 3.05) is 55.1 Å². The Morgan fingerprint density at radius 2 is 1.42 bits per heavy atom. The molecule has 0 aromatic heterocycles. The Kier molecular flexibility index (Phi) is 28.0. The van der Waals surface area contributed by atoms with Crippen molar-refractivity contribution in [3.05, 3.63) is 35.9 Å². The molecule has 3 saturated heterocycles. The number of esters is 6. The van der Waals surface area contributed by atoms with Crippen LogP contribution in [0.3, 0.4) is 0 Å². The second kappa shape index (κ2) is 33.0. The first kappa shape index (κ1) is 67.2. The normalized spacial score (nSPS) is 32.5. The Hall–Kier alpha value is -4.32. The summed E-state index contributed by atoms with van der Waals surface area (Å²) in [6, 6.07) is 9.53. The Morgan fingerprint density at radius 3 is 2.01 bits per heavy atom. The third kappa shape index (κ3) is 20.9. The molecular weight excluding hydrogens is 1030 g/mol. The molecule has 16 atom stereocenters. The predicted octanol–water partition coefficient (Wildman–Crippen LogP) is 6.50. The summed E-state index contributed by atoms with van der Waals surface area (Å²) in [4.78, 5) is 83.1. The van der Waals surface area contributed by atoms with E-state index >= 15 is 0 Å². The lowest BCUT2D eigenvalue weighted by Crippen LogP contribution is -2.67. The molecule has 3 fully saturated rings. The zero-order valence-corrected chi connectivity index (χ0v) is 49.7. The molecule has 450 valence electrons. The summed E-state index contributed by atoms with van der Waals surface area (Å²) in [7, 11) is 7.99. The maximum atomic E-state index is 14.1. The fraction of sp³-hybridized carbons (Fsp3) is 0.793. The van der Waals surface area contributed by atoms with Gasteiger partial charge in [-0.15, -0.1) is 0 Å². The molecular formula is C58H94N2O19.